The van der Waals surface area contributed by atoms with Gasteiger partial charge in [-0.05, 0) is 17.7 Å². The Bertz CT molecular complexity index is 220. The van der Waals surface area contributed by atoms with E-state index in [0.717, 1.165) is 5.57 Å². The highest BCUT2D eigenvalue weighted by atomic mass is 16.6. The summed E-state index contributed by atoms with van der Waals surface area (Å²) in [6.45, 7) is 0.367. The summed E-state index contributed by atoms with van der Waals surface area (Å²) >= 11 is 0. The number of aliphatic hydroxyl groups is 2. The SMILES string of the molecule is COC1C=C(CN)C=CC1(O)O. The average molecular weight is 171 g/mol. The number of nitrogens with two attached hydrogens (primary N) is 1. The molecule has 0 radical (unpaired) electrons. The van der Waals surface area contributed by atoms with Crippen molar-refractivity contribution in [2.45, 2.75) is 11.9 Å². The van der Waals surface area contributed by atoms with Crippen LogP contribution in [0.1, 0.15) is 0 Å². The summed E-state index contributed by atoms with van der Waals surface area (Å²) in [6.07, 6.45) is 3.71. The molecule has 0 spiro atoms. The molecule has 0 aromatic carbocycles. The first kappa shape index (κ1) is 9.41. The third-order valence-electron chi connectivity index (χ3n) is 1.82. The molecule has 0 aromatic heterocycles. The van der Waals surface area contributed by atoms with Gasteiger partial charge < -0.3 is 20.7 Å². The highest BCUT2D eigenvalue weighted by Crippen LogP contribution is 2.20. The van der Waals surface area contributed by atoms with Crippen molar-refractivity contribution in [2.24, 2.45) is 5.73 Å². The Morgan fingerprint density at radius 3 is 2.83 bits per heavy atom. The molecule has 4 N–H and O–H groups in total. The smallest absolute Gasteiger partial charge is 0.214 e. The van der Waals surface area contributed by atoms with Gasteiger partial charge in [0, 0.05) is 13.7 Å². The summed E-state index contributed by atoms with van der Waals surface area (Å²) < 4.78 is 4.86. The Morgan fingerprint density at radius 1 is 1.67 bits per heavy atom. The normalized spacial score (nSPS) is 27.0. The van der Waals surface area contributed by atoms with Crippen molar-refractivity contribution in [3.05, 3.63) is 23.8 Å². The van der Waals surface area contributed by atoms with Gasteiger partial charge in [0.15, 0.2) is 0 Å². The van der Waals surface area contributed by atoms with Gasteiger partial charge in [-0.2, -0.15) is 0 Å². The lowest BCUT2D eigenvalue weighted by Gasteiger charge is -2.28. The monoisotopic (exact) mass is 171 g/mol. The van der Waals surface area contributed by atoms with E-state index in [4.69, 9.17) is 10.5 Å². The van der Waals surface area contributed by atoms with Crippen LogP contribution >= 0.6 is 0 Å². The van der Waals surface area contributed by atoms with E-state index < -0.39 is 11.9 Å². The summed E-state index contributed by atoms with van der Waals surface area (Å²) in [4.78, 5) is 0. The van der Waals surface area contributed by atoms with Crippen molar-refractivity contribution in [3.63, 3.8) is 0 Å². The van der Waals surface area contributed by atoms with E-state index in [1.807, 2.05) is 0 Å². The summed E-state index contributed by atoms with van der Waals surface area (Å²) in [7, 11) is 1.41. The van der Waals surface area contributed by atoms with Gasteiger partial charge in [-0.15, -0.1) is 0 Å². The molecule has 0 heterocycles. The van der Waals surface area contributed by atoms with E-state index in [2.05, 4.69) is 0 Å². The Kier molecular flexibility index (Phi) is 2.64. The second-order valence-electron chi connectivity index (χ2n) is 2.72. The largest absolute Gasteiger partial charge is 0.371 e. The van der Waals surface area contributed by atoms with E-state index in [9.17, 15) is 10.2 Å². The quantitative estimate of drug-likeness (QED) is 0.472. The van der Waals surface area contributed by atoms with Gasteiger partial charge in [-0.25, -0.2) is 0 Å². The topological polar surface area (TPSA) is 75.7 Å². The fourth-order valence-electron chi connectivity index (χ4n) is 1.07. The predicted octanol–water partition coefficient (Wildman–Crippen LogP) is -0.863. The lowest BCUT2D eigenvalue weighted by molar-refractivity contribution is -0.183. The molecule has 12 heavy (non-hydrogen) atoms. The van der Waals surface area contributed by atoms with E-state index in [1.54, 1.807) is 12.2 Å². The number of hydrogen-bond donors (Lipinski definition) is 3. The number of hydrogen-bond acceptors (Lipinski definition) is 4. The van der Waals surface area contributed by atoms with Crippen LogP contribution in [0, 0.1) is 0 Å². The Hall–Kier alpha value is -0.680. The van der Waals surface area contributed by atoms with Crippen molar-refractivity contribution < 1.29 is 14.9 Å². The van der Waals surface area contributed by atoms with Crippen LogP contribution in [0.2, 0.25) is 0 Å². The molecule has 1 aliphatic rings. The van der Waals surface area contributed by atoms with Crippen LogP contribution in [0.4, 0.5) is 0 Å². The molecule has 0 amide bonds. The summed E-state index contributed by atoms with van der Waals surface area (Å²) in [5.74, 6) is -1.91. The molecule has 0 aromatic rings. The minimum Gasteiger partial charge on any atom is -0.371 e. The zero-order chi connectivity index (χ0) is 9.19. The molecule has 0 fully saturated rings. The second kappa shape index (κ2) is 3.37. The average Bonchev–Trinajstić information content (AvgIpc) is 2.04. The third kappa shape index (κ3) is 1.73. The predicted molar refractivity (Wildman–Crippen MR) is 44.2 cm³/mol. The molecular formula is C8H13NO3. The Morgan fingerprint density at radius 2 is 2.33 bits per heavy atom. The molecule has 1 atom stereocenters. The van der Waals surface area contributed by atoms with Gasteiger partial charge in [-0.1, -0.05) is 6.08 Å². The maximum atomic E-state index is 9.31. The zero-order valence-electron chi connectivity index (χ0n) is 6.90. The number of ether oxygens (including phenoxy) is 1. The van der Waals surface area contributed by atoms with Gasteiger partial charge >= 0.3 is 0 Å². The van der Waals surface area contributed by atoms with E-state index in [1.165, 1.54) is 13.2 Å². The highest BCUT2D eigenvalue weighted by molar-refractivity contribution is 5.30. The summed E-state index contributed by atoms with van der Waals surface area (Å²) in [5, 5.41) is 18.6. The molecule has 1 aliphatic carbocycles. The van der Waals surface area contributed by atoms with Crippen LogP contribution in [-0.4, -0.2) is 35.8 Å². The van der Waals surface area contributed by atoms with Crippen LogP contribution < -0.4 is 5.73 Å². The van der Waals surface area contributed by atoms with Crippen LogP contribution in [0.3, 0.4) is 0 Å². The molecule has 4 nitrogen and oxygen atoms in total. The van der Waals surface area contributed by atoms with Crippen molar-refractivity contribution >= 4 is 0 Å². The van der Waals surface area contributed by atoms with Crippen molar-refractivity contribution in [2.75, 3.05) is 13.7 Å². The number of methoxy groups -OCH3 is 1. The molecule has 0 aliphatic heterocycles. The standard InChI is InChI=1S/C8H13NO3/c1-12-7-4-6(5-9)2-3-8(7,10)11/h2-4,7,10-11H,5,9H2,1H3. The first-order valence-electron chi connectivity index (χ1n) is 3.67. The van der Waals surface area contributed by atoms with E-state index in [-0.39, 0.29) is 0 Å². The molecule has 0 saturated heterocycles. The molecule has 0 bridgehead atoms. The van der Waals surface area contributed by atoms with Crippen molar-refractivity contribution in [1.29, 1.82) is 0 Å². The molecule has 1 unspecified atom stereocenters. The van der Waals surface area contributed by atoms with Crippen LogP contribution in [0.5, 0.6) is 0 Å². The zero-order valence-corrected chi connectivity index (χ0v) is 6.90. The first-order valence-corrected chi connectivity index (χ1v) is 3.67. The summed E-state index contributed by atoms with van der Waals surface area (Å²) in [6, 6.07) is 0. The maximum Gasteiger partial charge on any atom is 0.214 e. The molecule has 0 saturated carbocycles. The van der Waals surface area contributed by atoms with Gasteiger partial charge in [0.05, 0.1) is 0 Å². The van der Waals surface area contributed by atoms with Gasteiger partial charge in [-0.3, -0.25) is 0 Å². The molecule has 1 rings (SSSR count). The Balaban J connectivity index is 2.82. The summed E-state index contributed by atoms with van der Waals surface area (Å²) in [5.41, 5.74) is 6.20. The number of rotatable bonds is 2. The van der Waals surface area contributed by atoms with E-state index in [0.29, 0.717) is 6.54 Å². The van der Waals surface area contributed by atoms with Gasteiger partial charge in [0.25, 0.3) is 0 Å². The first-order chi connectivity index (χ1) is 5.60. The molecule has 4 heteroatoms. The maximum absolute atomic E-state index is 9.31. The van der Waals surface area contributed by atoms with Crippen molar-refractivity contribution in [3.8, 4) is 0 Å². The second-order valence-corrected chi connectivity index (χ2v) is 2.72. The molecular weight excluding hydrogens is 158 g/mol. The fraction of sp³-hybridized carbons (Fsp3) is 0.500. The lowest BCUT2D eigenvalue weighted by atomic mass is 9.99. The van der Waals surface area contributed by atoms with Crippen LogP contribution in [-0.2, 0) is 4.74 Å². The van der Waals surface area contributed by atoms with E-state index >= 15 is 0 Å². The minimum atomic E-state index is -1.91. The van der Waals surface area contributed by atoms with Crippen molar-refractivity contribution in [1.82, 2.24) is 0 Å². The minimum absolute atomic E-state index is 0.367. The third-order valence-corrected chi connectivity index (χ3v) is 1.82. The molecule has 68 valence electrons. The van der Waals surface area contributed by atoms with Crippen LogP contribution in [0.15, 0.2) is 23.8 Å². The fourth-order valence-corrected chi connectivity index (χ4v) is 1.07. The highest BCUT2D eigenvalue weighted by Gasteiger charge is 2.32. The van der Waals surface area contributed by atoms with Crippen LogP contribution in [0.25, 0.3) is 0 Å². The Labute approximate surface area is 71.0 Å². The van der Waals surface area contributed by atoms with Gasteiger partial charge in [0.1, 0.15) is 6.10 Å². The van der Waals surface area contributed by atoms with Gasteiger partial charge in [0.2, 0.25) is 5.79 Å². The lowest BCUT2D eigenvalue weighted by Crippen LogP contribution is -2.42.